The van der Waals surface area contributed by atoms with Crippen LogP contribution in [0.2, 0.25) is 0 Å². The van der Waals surface area contributed by atoms with Crippen molar-refractivity contribution in [1.82, 2.24) is 24.8 Å². The number of thioether (sulfide) groups is 3. The minimum atomic E-state index is -1.57. The number of nitrogens with zero attached hydrogens (tertiary/aromatic N) is 5. The first-order chi connectivity index (χ1) is 25.5. The fourth-order valence-corrected chi connectivity index (χ4v) is 8.96. The van der Waals surface area contributed by atoms with Crippen molar-refractivity contribution in [3.05, 3.63) is 46.7 Å². The van der Waals surface area contributed by atoms with E-state index in [9.17, 15) is 33.9 Å². The highest BCUT2D eigenvalue weighted by Gasteiger charge is 2.54. The molecule has 1 saturated heterocycles. The summed E-state index contributed by atoms with van der Waals surface area (Å²) in [6, 6.07) is 3.01. The Morgan fingerprint density at radius 2 is 1.87 bits per heavy atom. The van der Waals surface area contributed by atoms with Crippen LogP contribution in [0.3, 0.4) is 0 Å². The molecule has 1 aromatic carbocycles. The maximum atomic E-state index is 13.8. The Labute approximate surface area is 327 Å². The third kappa shape index (κ3) is 10.1. The predicted octanol–water partition coefficient (Wildman–Crippen LogP) is 3.14. The number of nitrogen functional groups attached to an aromatic ring is 1. The van der Waals surface area contributed by atoms with Gasteiger partial charge in [-0.25, -0.2) is 14.6 Å². The van der Waals surface area contributed by atoms with Crippen LogP contribution in [0.25, 0.3) is 0 Å². The van der Waals surface area contributed by atoms with Crippen molar-refractivity contribution in [2.75, 3.05) is 17.2 Å². The zero-order valence-corrected chi connectivity index (χ0v) is 33.0. The van der Waals surface area contributed by atoms with E-state index in [0.717, 1.165) is 39.1 Å². The number of aliphatic carboxylic acids is 1. The molecule has 2 aliphatic heterocycles. The summed E-state index contributed by atoms with van der Waals surface area (Å²) in [5, 5.41) is 21.2. The maximum Gasteiger partial charge on any atom is 0.361 e. The van der Waals surface area contributed by atoms with Gasteiger partial charge in [-0.3, -0.25) is 24.1 Å². The number of nitrogens with one attached hydrogen (secondary N) is 1. The SMILES string of the molecule is CC(=O)Oc1ccc(S[C@@H](ON=C(C(=O)N[C@@H]2C(=O)N3C(C(=O)O)=C(CSc4cnns4)CS[C@@H]23)c2csc(N)n2)C(=O)OC(C)(C)C)cc1OC(C)=O. The van der Waals surface area contributed by atoms with Gasteiger partial charge >= 0.3 is 23.9 Å². The van der Waals surface area contributed by atoms with Crippen LogP contribution in [0.1, 0.15) is 40.3 Å². The van der Waals surface area contributed by atoms with Crippen LogP contribution < -0.4 is 20.5 Å². The molecule has 286 valence electrons. The summed E-state index contributed by atoms with van der Waals surface area (Å²) >= 11 is 5.56. The quantitative estimate of drug-likeness (QED) is 0.0401. The van der Waals surface area contributed by atoms with Crippen molar-refractivity contribution in [1.29, 1.82) is 0 Å². The number of β-lactam (4-membered cyclic amide) rings is 1. The number of benzene rings is 1. The van der Waals surface area contributed by atoms with Crippen LogP contribution >= 0.6 is 58.2 Å². The van der Waals surface area contributed by atoms with E-state index in [1.807, 2.05) is 0 Å². The summed E-state index contributed by atoms with van der Waals surface area (Å²) in [5.74, 6) is -4.71. The fraction of sp³-hybridized carbons (Fsp3) is 0.355. The molecule has 2 amide bonds. The summed E-state index contributed by atoms with van der Waals surface area (Å²) in [6.07, 6.45) is 1.56. The molecule has 18 nitrogen and oxygen atoms in total. The minimum Gasteiger partial charge on any atom is -0.477 e. The second kappa shape index (κ2) is 17.2. The lowest BCUT2D eigenvalue weighted by Gasteiger charge is -2.49. The fourth-order valence-electron chi connectivity index (χ4n) is 4.71. The monoisotopic (exact) mass is 837 g/mol. The Morgan fingerprint density at radius 3 is 2.48 bits per heavy atom. The predicted molar refractivity (Wildman–Crippen MR) is 199 cm³/mol. The Balaban J connectivity index is 1.39. The maximum absolute atomic E-state index is 13.8. The second-order valence-electron chi connectivity index (χ2n) is 12.0. The number of carboxylic acids is 1. The number of amides is 2. The van der Waals surface area contributed by atoms with Crippen molar-refractivity contribution in [2.45, 2.75) is 66.2 Å². The van der Waals surface area contributed by atoms with Gasteiger partial charge < -0.3 is 35.2 Å². The molecule has 3 atom stereocenters. The normalized spacial score (nSPS) is 17.5. The standard InChI is InChI=1S/C31H31N7O11S5/c1-13(39)46-18-7-6-16(8-19(18)47-14(2)40)53-29(28(45)48-31(3,4)5)49-36-21(17-12-52-30(32)34-17)24(41)35-22-25(42)38-23(27(43)44)15(11-51-26(22)38)10-50-20-9-33-37-54-20/h6-9,12,22,26,29H,10-11H2,1-5H3,(H2,32,34)(H,35,41)(H,43,44)/t22-,26+,29-/m1/s1. The lowest BCUT2D eigenvalue weighted by atomic mass is 10.0. The molecule has 0 unspecified atom stereocenters. The molecular weight excluding hydrogens is 807 g/mol. The third-order valence-corrected chi connectivity index (χ3v) is 11.7. The van der Waals surface area contributed by atoms with Crippen LogP contribution in [0, 0.1) is 0 Å². The van der Waals surface area contributed by atoms with Gasteiger partial charge in [-0.2, -0.15) is 0 Å². The number of carboxylic acid groups (broad SMARTS) is 1. The van der Waals surface area contributed by atoms with Crippen LogP contribution in [0.15, 0.2) is 55.3 Å². The van der Waals surface area contributed by atoms with Gasteiger partial charge in [0.15, 0.2) is 22.3 Å². The first-order valence-corrected chi connectivity index (χ1v) is 20.0. The van der Waals surface area contributed by atoms with Crippen molar-refractivity contribution >= 4 is 105 Å². The van der Waals surface area contributed by atoms with Crippen LogP contribution in [0.4, 0.5) is 5.13 Å². The Hall–Kier alpha value is -4.71. The molecule has 54 heavy (non-hydrogen) atoms. The molecule has 0 spiro atoms. The zero-order chi connectivity index (χ0) is 39.3. The van der Waals surface area contributed by atoms with Crippen molar-refractivity contribution in [3.63, 3.8) is 0 Å². The molecule has 2 aromatic heterocycles. The Morgan fingerprint density at radius 1 is 1.15 bits per heavy atom. The van der Waals surface area contributed by atoms with E-state index in [1.54, 1.807) is 27.0 Å². The summed E-state index contributed by atoms with van der Waals surface area (Å²) in [7, 11) is 0. The Kier molecular flexibility index (Phi) is 12.9. The van der Waals surface area contributed by atoms with Gasteiger partial charge in [0.1, 0.15) is 32.6 Å². The average molecular weight is 838 g/mol. The molecule has 0 bridgehead atoms. The summed E-state index contributed by atoms with van der Waals surface area (Å²) in [4.78, 5) is 87.5. The number of esters is 3. The first-order valence-electron chi connectivity index (χ1n) is 15.5. The molecule has 0 aliphatic carbocycles. The van der Waals surface area contributed by atoms with E-state index >= 15 is 0 Å². The number of rotatable bonds is 14. The number of carbonyl (C=O) groups excluding carboxylic acids is 5. The molecule has 5 rings (SSSR count). The molecule has 0 radical (unpaired) electrons. The lowest BCUT2D eigenvalue weighted by molar-refractivity contribution is -0.162. The number of hydrogen-bond donors (Lipinski definition) is 3. The summed E-state index contributed by atoms with van der Waals surface area (Å²) in [5.41, 5.74) is 3.20. The number of oxime groups is 1. The zero-order valence-electron chi connectivity index (χ0n) is 28.9. The molecule has 2 aliphatic rings. The highest BCUT2D eigenvalue weighted by molar-refractivity contribution is 8.02. The number of thiazole rings is 1. The van der Waals surface area contributed by atoms with Gasteiger partial charge in [0.25, 0.3) is 17.3 Å². The van der Waals surface area contributed by atoms with E-state index in [2.05, 4.69) is 25.0 Å². The van der Waals surface area contributed by atoms with Gasteiger partial charge in [0, 0.05) is 35.6 Å². The molecule has 0 saturated carbocycles. The highest BCUT2D eigenvalue weighted by atomic mass is 32.2. The van der Waals surface area contributed by atoms with Crippen LogP contribution in [0.5, 0.6) is 11.5 Å². The molecular formula is C31H31N7O11S5. The van der Waals surface area contributed by atoms with Gasteiger partial charge in [-0.05, 0) is 56.1 Å². The molecule has 3 aromatic rings. The largest absolute Gasteiger partial charge is 0.477 e. The number of nitrogens with two attached hydrogens (primary N) is 1. The summed E-state index contributed by atoms with van der Waals surface area (Å²) < 4.78 is 20.4. The van der Waals surface area contributed by atoms with Crippen molar-refractivity contribution in [2.24, 2.45) is 5.16 Å². The van der Waals surface area contributed by atoms with Crippen molar-refractivity contribution < 1.29 is 52.9 Å². The molecule has 1 fully saturated rings. The average Bonchev–Trinajstić information content (AvgIpc) is 3.77. The molecule has 4 heterocycles. The number of fused-ring (bicyclic) bond motifs is 1. The third-order valence-electron chi connectivity index (χ3n) is 6.75. The van der Waals surface area contributed by atoms with Gasteiger partial charge in [0.05, 0.1) is 6.20 Å². The number of hydrogen-bond acceptors (Lipinski definition) is 20. The van der Waals surface area contributed by atoms with E-state index in [1.165, 1.54) is 65.6 Å². The van der Waals surface area contributed by atoms with Gasteiger partial charge in [-0.1, -0.05) is 21.4 Å². The van der Waals surface area contributed by atoms with E-state index < -0.39 is 63.9 Å². The number of aromatic nitrogens is 3. The smallest absolute Gasteiger partial charge is 0.361 e. The van der Waals surface area contributed by atoms with Crippen LogP contribution in [-0.4, -0.2) is 99.9 Å². The Bertz CT molecular complexity index is 2030. The van der Waals surface area contributed by atoms with Crippen molar-refractivity contribution in [3.8, 4) is 11.5 Å². The number of carbonyl (C=O) groups is 6. The van der Waals surface area contributed by atoms with Gasteiger partial charge in [0.2, 0.25) is 0 Å². The molecule has 23 heteroatoms. The second-order valence-corrected chi connectivity index (χ2v) is 17.2. The van der Waals surface area contributed by atoms with E-state index in [-0.39, 0.29) is 38.7 Å². The van der Waals surface area contributed by atoms with Crippen LogP contribution in [-0.2, 0) is 38.3 Å². The topological polar surface area (TPSA) is 252 Å². The number of anilines is 1. The first kappa shape index (κ1) is 40.5. The molecule has 4 N–H and O–H groups in total. The van der Waals surface area contributed by atoms with E-state index in [0.29, 0.717) is 11.3 Å². The summed E-state index contributed by atoms with van der Waals surface area (Å²) in [6.45, 7) is 7.22. The van der Waals surface area contributed by atoms with Gasteiger partial charge in [-0.15, -0.1) is 40.0 Å². The minimum absolute atomic E-state index is 0.0336. The highest BCUT2D eigenvalue weighted by Crippen LogP contribution is 2.42. The van der Waals surface area contributed by atoms with E-state index in [4.69, 9.17) is 24.8 Å². The lowest BCUT2D eigenvalue weighted by Crippen LogP contribution is -2.71. The number of ether oxygens (including phenoxy) is 3.